The van der Waals surface area contributed by atoms with Crippen molar-refractivity contribution >= 4 is 0 Å². The number of aromatic nitrogens is 2. The van der Waals surface area contributed by atoms with Crippen LogP contribution in [-0.4, -0.2) is 22.2 Å². The third-order valence-electron chi connectivity index (χ3n) is 1.99. The topological polar surface area (TPSA) is 54.7 Å². The molecule has 16 heavy (non-hydrogen) atoms. The number of rotatable bonds is 3. The van der Waals surface area contributed by atoms with Gasteiger partial charge in [-0.2, -0.15) is 18.3 Å². The number of hydrogen-bond acceptors (Lipinski definition) is 2. The fraction of sp³-hybridized carbons (Fsp3) is 0.625. The minimum absolute atomic E-state index is 0.0716. The zero-order chi connectivity index (χ0) is 12.6. The summed E-state index contributed by atoms with van der Waals surface area (Å²) in [4.78, 5) is 0. The van der Waals surface area contributed by atoms with Gasteiger partial charge in [0.1, 0.15) is 0 Å². The Morgan fingerprint density at radius 2 is 2.00 bits per heavy atom. The lowest BCUT2D eigenvalue weighted by Crippen LogP contribution is -2.45. The first kappa shape index (κ1) is 12.9. The SMILES string of the molecule is CC(N)(Cc1cc(C(F)(F)F)n[nH]1)C(F)F. The van der Waals surface area contributed by atoms with Crippen molar-refractivity contribution in [2.24, 2.45) is 5.73 Å². The van der Waals surface area contributed by atoms with E-state index < -0.39 is 30.3 Å². The van der Waals surface area contributed by atoms with Crippen LogP contribution in [0.25, 0.3) is 0 Å². The van der Waals surface area contributed by atoms with E-state index in [0.717, 1.165) is 6.92 Å². The standard InChI is InChI=1S/C8H10F5N3/c1-7(14,6(9)10)3-4-2-5(16-15-4)8(11,12)13/h2,6H,3,14H2,1H3,(H,15,16). The summed E-state index contributed by atoms with van der Waals surface area (Å²) in [6.45, 7) is 1.06. The van der Waals surface area contributed by atoms with Crippen LogP contribution in [0.2, 0.25) is 0 Å². The molecule has 0 amide bonds. The first-order valence-corrected chi connectivity index (χ1v) is 4.31. The number of aromatic amines is 1. The summed E-state index contributed by atoms with van der Waals surface area (Å²) < 4.78 is 61.1. The van der Waals surface area contributed by atoms with Crippen molar-refractivity contribution in [2.45, 2.75) is 31.5 Å². The van der Waals surface area contributed by atoms with Crippen molar-refractivity contribution in [1.82, 2.24) is 10.2 Å². The van der Waals surface area contributed by atoms with Crippen molar-refractivity contribution in [3.05, 3.63) is 17.5 Å². The molecule has 1 rings (SSSR count). The number of nitrogens with zero attached hydrogens (tertiary/aromatic N) is 1. The highest BCUT2D eigenvalue weighted by atomic mass is 19.4. The van der Waals surface area contributed by atoms with Gasteiger partial charge in [-0.3, -0.25) is 5.10 Å². The van der Waals surface area contributed by atoms with E-state index in [1.54, 1.807) is 0 Å². The molecule has 1 heterocycles. The molecule has 0 aliphatic rings. The van der Waals surface area contributed by atoms with E-state index in [2.05, 4.69) is 5.10 Å². The zero-order valence-electron chi connectivity index (χ0n) is 8.28. The molecule has 0 radical (unpaired) electrons. The lowest BCUT2D eigenvalue weighted by atomic mass is 9.98. The fourth-order valence-corrected chi connectivity index (χ4v) is 1.08. The Balaban J connectivity index is 2.81. The molecule has 1 atom stereocenters. The molecule has 0 saturated carbocycles. The largest absolute Gasteiger partial charge is 0.435 e. The second-order valence-corrected chi connectivity index (χ2v) is 3.76. The van der Waals surface area contributed by atoms with Gasteiger partial charge in [0.15, 0.2) is 5.69 Å². The number of hydrogen-bond donors (Lipinski definition) is 2. The van der Waals surface area contributed by atoms with E-state index in [-0.39, 0.29) is 5.69 Å². The Kier molecular flexibility index (Phi) is 3.22. The fourth-order valence-electron chi connectivity index (χ4n) is 1.08. The molecule has 92 valence electrons. The molecule has 0 spiro atoms. The Morgan fingerprint density at radius 3 is 2.38 bits per heavy atom. The van der Waals surface area contributed by atoms with Crippen LogP contribution in [0.1, 0.15) is 18.3 Å². The second kappa shape index (κ2) is 4.00. The minimum Gasteiger partial charge on any atom is -0.320 e. The Hall–Kier alpha value is -1.18. The number of nitrogens with one attached hydrogen (secondary N) is 1. The van der Waals surface area contributed by atoms with Gasteiger partial charge in [0, 0.05) is 12.1 Å². The molecule has 0 aromatic carbocycles. The van der Waals surface area contributed by atoms with Crippen LogP contribution in [0, 0.1) is 0 Å². The summed E-state index contributed by atoms with van der Waals surface area (Å²) in [7, 11) is 0. The zero-order valence-corrected chi connectivity index (χ0v) is 8.28. The summed E-state index contributed by atoms with van der Waals surface area (Å²) in [5.74, 6) is 0. The summed E-state index contributed by atoms with van der Waals surface area (Å²) in [5.41, 5.74) is 2.13. The van der Waals surface area contributed by atoms with Gasteiger partial charge in [0.25, 0.3) is 6.43 Å². The predicted octanol–water partition coefficient (Wildman–Crippen LogP) is 1.95. The Bertz CT molecular complexity index is 355. The highest BCUT2D eigenvalue weighted by Crippen LogP contribution is 2.28. The highest BCUT2D eigenvalue weighted by Gasteiger charge is 2.36. The van der Waals surface area contributed by atoms with E-state index in [1.807, 2.05) is 5.10 Å². The van der Waals surface area contributed by atoms with E-state index in [9.17, 15) is 22.0 Å². The van der Waals surface area contributed by atoms with Gasteiger partial charge < -0.3 is 5.73 Å². The van der Waals surface area contributed by atoms with Crippen molar-refractivity contribution < 1.29 is 22.0 Å². The van der Waals surface area contributed by atoms with Gasteiger partial charge in [0.2, 0.25) is 0 Å². The molecule has 0 saturated heterocycles. The highest BCUT2D eigenvalue weighted by molar-refractivity contribution is 5.14. The van der Waals surface area contributed by atoms with Gasteiger partial charge in [0.05, 0.1) is 5.54 Å². The summed E-state index contributed by atoms with van der Waals surface area (Å²) in [6.07, 6.45) is -7.83. The third-order valence-corrected chi connectivity index (χ3v) is 1.99. The Morgan fingerprint density at radius 1 is 1.44 bits per heavy atom. The van der Waals surface area contributed by atoms with Crippen molar-refractivity contribution in [3.8, 4) is 0 Å². The molecule has 0 fully saturated rings. The molecule has 3 nitrogen and oxygen atoms in total. The molecule has 8 heteroatoms. The van der Waals surface area contributed by atoms with Crippen LogP contribution in [0.4, 0.5) is 22.0 Å². The van der Waals surface area contributed by atoms with Gasteiger partial charge in [-0.1, -0.05) is 0 Å². The van der Waals surface area contributed by atoms with Gasteiger partial charge in [-0.05, 0) is 13.0 Å². The number of halogens is 5. The maximum Gasteiger partial charge on any atom is 0.435 e. The average molecular weight is 243 g/mol. The normalized spacial score (nSPS) is 16.5. The number of nitrogens with two attached hydrogens (primary N) is 1. The van der Waals surface area contributed by atoms with Crippen LogP contribution < -0.4 is 5.73 Å². The van der Waals surface area contributed by atoms with E-state index >= 15 is 0 Å². The smallest absolute Gasteiger partial charge is 0.320 e. The quantitative estimate of drug-likeness (QED) is 0.797. The third kappa shape index (κ3) is 2.91. The maximum atomic E-state index is 12.4. The molecular formula is C8H10F5N3. The van der Waals surface area contributed by atoms with E-state index in [4.69, 9.17) is 5.73 Å². The van der Waals surface area contributed by atoms with Gasteiger partial charge in [-0.15, -0.1) is 0 Å². The molecule has 3 N–H and O–H groups in total. The first-order chi connectivity index (χ1) is 7.13. The van der Waals surface area contributed by atoms with Gasteiger partial charge in [-0.25, -0.2) is 8.78 Å². The molecule has 0 aliphatic carbocycles. The van der Waals surface area contributed by atoms with Crippen LogP contribution in [0.15, 0.2) is 6.07 Å². The Labute approximate surface area is 87.8 Å². The maximum absolute atomic E-state index is 12.4. The number of alkyl halides is 5. The molecule has 0 aliphatic heterocycles. The molecule has 1 aromatic rings. The van der Waals surface area contributed by atoms with E-state index in [0.29, 0.717) is 6.07 Å². The molecule has 0 bridgehead atoms. The second-order valence-electron chi connectivity index (χ2n) is 3.76. The van der Waals surface area contributed by atoms with Crippen LogP contribution in [0.3, 0.4) is 0 Å². The van der Waals surface area contributed by atoms with Crippen LogP contribution in [-0.2, 0) is 12.6 Å². The summed E-state index contributed by atoms with van der Waals surface area (Å²) in [6, 6.07) is 0.674. The van der Waals surface area contributed by atoms with Crippen molar-refractivity contribution in [1.29, 1.82) is 0 Å². The van der Waals surface area contributed by atoms with Crippen LogP contribution in [0.5, 0.6) is 0 Å². The monoisotopic (exact) mass is 243 g/mol. The lowest BCUT2D eigenvalue weighted by Gasteiger charge is -2.22. The molecule has 1 aromatic heterocycles. The molecule has 1 unspecified atom stereocenters. The first-order valence-electron chi connectivity index (χ1n) is 4.31. The average Bonchev–Trinajstić information content (AvgIpc) is 2.50. The van der Waals surface area contributed by atoms with Crippen molar-refractivity contribution in [3.63, 3.8) is 0 Å². The van der Waals surface area contributed by atoms with Crippen LogP contribution >= 0.6 is 0 Å². The van der Waals surface area contributed by atoms with Gasteiger partial charge >= 0.3 is 6.18 Å². The number of H-pyrrole nitrogens is 1. The predicted molar refractivity (Wildman–Crippen MR) is 45.9 cm³/mol. The lowest BCUT2D eigenvalue weighted by molar-refractivity contribution is -0.141. The minimum atomic E-state index is -4.59. The molecular weight excluding hydrogens is 233 g/mol. The van der Waals surface area contributed by atoms with E-state index in [1.165, 1.54) is 0 Å². The van der Waals surface area contributed by atoms with Crippen molar-refractivity contribution in [2.75, 3.05) is 0 Å². The summed E-state index contributed by atoms with van der Waals surface area (Å²) >= 11 is 0. The summed E-state index contributed by atoms with van der Waals surface area (Å²) in [5, 5.41) is 5.02.